The summed E-state index contributed by atoms with van der Waals surface area (Å²) >= 11 is 0. The van der Waals surface area contributed by atoms with Crippen LogP contribution in [0.25, 0.3) is 0 Å². The van der Waals surface area contributed by atoms with Crippen LogP contribution in [0, 0.1) is 19.3 Å². The number of piperidine rings is 1. The number of aromatic nitrogens is 2. The van der Waals surface area contributed by atoms with E-state index in [9.17, 15) is 13.5 Å². The lowest BCUT2D eigenvalue weighted by Crippen LogP contribution is -2.62. The minimum absolute atomic E-state index is 0.0456. The first kappa shape index (κ1) is 17.8. The molecule has 1 aromatic rings. The van der Waals surface area contributed by atoms with Crippen LogP contribution in [0.5, 0.6) is 0 Å². The normalized spacial score (nSPS) is 27.4. The Morgan fingerprint density at radius 3 is 2.42 bits per heavy atom. The van der Waals surface area contributed by atoms with E-state index in [4.69, 9.17) is 4.74 Å². The molecule has 1 N–H and O–H groups in total. The molecule has 1 saturated heterocycles. The number of aliphatic hydroxyl groups is 1. The molecule has 136 valence electrons. The molecule has 2 heterocycles. The molecule has 2 fully saturated rings. The van der Waals surface area contributed by atoms with Crippen LogP contribution < -0.4 is 0 Å². The SMILES string of the molecule is CCO[C@@H]1C[C@H](O)C12CCN(S(=O)(=O)c1c(C)nn(C)c1C)CC2. The van der Waals surface area contributed by atoms with Gasteiger partial charge >= 0.3 is 0 Å². The van der Waals surface area contributed by atoms with E-state index in [0.717, 1.165) is 0 Å². The molecule has 7 nitrogen and oxygen atoms in total. The Hall–Kier alpha value is -0.960. The summed E-state index contributed by atoms with van der Waals surface area (Å²) in [5.74, 6) is 0. The van der Waals surface area contributed by atoms with Crippen molar-refractivity contribution in [1.82, 2.24) is 14.1 Å². The van der Waals surface area contributed by atoms with Crippen molar-refractivity contribution in [2.45, 2.75) is 57.1 Å². The van der Waals surface area contributed by atoms with Gasteiger partial charge in [-0.25, -0.2) is 8.42 Å². The highest BCUT2D eigenvalue weighted by atomic mass is 32.2. The molecule has 0 radical (unpaired) electrons. The Morgan fingerprint density at radius 2 is 1.96 bits per heavy atom. The molecule has 24 heavy (non-hydrogen) atoms. The fourth-order valence-corrected chi connectivity index (χ4v) is 6.06. The summed E-state index contributed by atoms with van der Waals surface area (Å²) in [7, 11) is -1.80. The molecule has 3 rings (SSSR count). The highest BCUT2D eigenvalue weighted by Gasteiger charge is 2.57. The van der Waals surface area contributed by atoms with Gasteiger partial charge in [0.2, 0.25) is 10.0 Å². The zero-order valence-electron chi connectivity index (χ0n) is 14.8. The molecule has 0 aromatic carbocycles. The van der Waals surface area contributed by atoms with Gasteiger partial charge in [-0.3, -0.25) is 4.68 Å². The summed E-state index contributed by atoms with van der Waals surface area (Å²) in [6.07, 6.45) is 1.58. The number of aliphatic hydroxyl groups excluding tert-OH is 1. The number of aryl methyl sites for hydroxylation is 2. The Labute approximate surface area is 143 Å². The van der Waals surface area contributed by atoms with E-state index in [2.05, 4.69) is 5.10 Å². The van der Waals surface area contributed by atoms with Gasteiger partial charge in [0.15, 0.2) is 0 Å². The summed E-state index contributed by atoms with van der Waals surface area (Å²) in [6.45, 7) is 6.90. The van der Waals surface area contributed by atoms with Crippen LogP contribution in [0.2, 0.25) is 0 Å². The van der Waals surface area contributed by atoms with Crippen LogP contribution >= 0.6 is 0 Å². The van der Waals surface area contributed by atoms with Gasteiger partial charge in [-0.05, 0) is 33.6 Å². The number of ether oxygens (including phenoxy) is 1. The molecule has 0 amide bonds. The minimum atomic E-state index is -3.56. The van der Waals surface area contributed by atoms with Crippen molar-refractivity contribution in [2.75, 3.05) is 19.7 Å². The Balaban J connectivity index is 1.79. The minimum Gasteiger partial charge on any atom is -0.392 e. The maximum atomic E-state index is 13.0. The summed E-state index contributed by atoms with van der Waals surface area (Å²) in [6, 6.07) is 0. The van der Waals surface area contributed by atoms with Crippen molar-refractivity contribution in [1.29, 1.82) is 0 Å². The van der Waals surface area contributed by atoms with Crippen molar-refractivity contribution < 1.29 is 18.3 Å². The number of hydrogen-bond acceptors (Lipinski definition) is 5. The van der Waals surface area contributed by atoms with E-state index in [1.54, 1.807) is 25.6 Å². The average molecular weight is 357 g/mol. The monoisotopic (exact) mass is 357 g/mol. The molecular formula is C16H27N3O4S. The van der Waals surface area contributed by atoms with E-state index < -0.39 is 10.0 Å². The molecule has 1 aromatic heterocycles. The Kier molecular flexibility index (Phi) is 4.53. The number of rotatable bonds is 4. The summed E-state index contributed by atoms with van der Waals surface area (Å²) < 4.78 is 34.9. The third-order valence-electron chi connectivity index (χ3n) is 5.80. The van der Waals surface area contributed by atoms with Gasteiger partial charge in [-0.15, -0.1) is 0 Å². The lowest BCUT2D eigenvalue weighted by Gasteiger charge is -2.56. The molecule has 8 heteroatoms. The van der Waals surface area contributed by atoms with Crippen LogP contribution in [0.1, 0.15) is 37.6 Å². The van der Waals surface area contributed by atoms with Gasteiger partial charge < -0.3 is 9.84 Å². The van der Waals surface area contributed by atoms with E-state index in [0.29, 0.717) is 55.2 Å². The Bertz CT molecular complexity index is 718. The smallest absolute Gasteiger partial charge is 0.246 e. The number of hydrogen-bond donors (Lipinski definition) is 1. The molecule has 2 aliphatic rings. The van der Waals surface area contributed by atoms with Crippen molar-refractivity contribution in [3.63, 3.8) is 0 Å². The zero-order valence-corrected chi connectivity index (χ0v) is 15.6. The average Bonchev–Trinajstić information content (AvgIpc) is 2.80. The first-order valence-corrected chi connectivity index (χ1v) is 9.98. The largest absolute Gasteiger partial charge is 0.392 e. The zero-order chi connectivity index (χ0) is 17.7. The lowest BCUT2D eigenvalue weighted by atomic mass is 9.58. The third kappa shape index (κ3) is 2.51. The number of sulfonamides is 1. The van der Waals surface area contributed by atoms with Crippen LogP contribution in [-0.2, 0) is 21.8 Å². The van der Waals surface area contributed by atoms with E-state index in [1.165, 1.54) is 4.31 Å². The molecule has 1 aliphatic carbocycles. The molecule has 1 spiro atoms. The molecule has 0 bridgehead atoms. The first-order valence-electron chi connectivity index (χ1n) is 8.54. The quantitative estimate of drug-likeness (QED) is 0.868. The summed E-state index contributed by atoms with van der Waals surface area (Å²) in [5, 5.41) is 14.5. The highest BCUT2D eigenvalue weighted by Crippen LogP contribution is 2.51. The third-order valence-corrected chi connectivity index (χ3v) is 7.96. The fraction of sp³-hybridized carbons (Fsp3) is 0.812. The van der Waals surface area contributed by atoms with Gasteiger partial charge in [0.1, 0.15) is 4.90 Å². The predicted molar refractivity (Wildman–Crippen MR) is 89.1 cm³/mol. The molecular weight excluding hydrogens is 330 g/mol. The van der Waals surface area contributed by atoms with Gasteiger partial charge in [-0.1, -0.05) is 0 Å². The second kappa shape index (κ2) is 6.09. The number of nitrogens with zero attached hydrogens (tertiary/aromatic N) is 3. The maximum absolute atomic E-state index is 13.0. The molecule has 1 aliphatic heterocycles. The topological polar surface area (TPSA) is 84.7 Å². The predicted octanol–water partition coefficient (Wildman–Crippen LogP) is 0.978. The van der Waals surface area contributed by atoms with Gasteiger partial charge in [-0.2, -0.15) is 9.40 Å². The molecule has 2 atom stereocenters. The van der Waals surface area contributed by atoms with Crippen LogP contribution in [-0.4, -0.2) is 59.5 Å². The first-order chi connectivity index (χ1) is 11.2. The van der Waals surface area contributed by atoms with Crippen LogP contribution in [0.3, 0.4) is 0 Å². The van der Waals surface area contributed by atoms with Gasteiger partial charge in [0, 0.05) is 38.6 Å². The second-order valence-corrected chi connectivity index (χ2v) is 8.83. The van der Waals surface area contributed by atoms with Crippen molar-refractivity contribution in [3.8, 4) is 0 Å². The van der Waals surface area contributed by atoms with Crippen LogP contribution in [0.15, 0.2) is 4.90 Å². The van der Waals surface area contributed by atoms with Crippen LogP contribution in [0.4, 0.5) is 0 Å². The van der Waals surface area contributed by atoms with Crippen molar-refractivity contribution >= 4 is 10.0 Å². The molecule has 0 unspecified atom stereocenters. The second-order valence-electron chi connectivity index (χ2n) is 6.96. The summed E-state index contributed by atoms with van der Waals surface area (Å²) in [5.41, 5.74) is 0.913. The van der Waals surface area contributed by atoms with Gasteiger partial charge in [0.25, 0.3) is 0 Å². The fourth-order valence-electron chi connectivity index (χ4n) is 4.22. The lowest BCUT2D eigenvalue weighted by molar-refractivity contribution is -0.205. The van der Waals surface area contributed by atoms with Crippen molar-refractivity contribution in [3.05, 3.63) is 11.4 Å². The van der Waals surface area contributed by atoms with Gasteiger partial charge in [0.05, 0.1) is 23.6 Å². The van der Waals surface area contributed by atoms with E-state index in [-0.39, 0.29) is 17.6 Å². The standard InChI is InChI=1S/C16H27N3O4S/c1-5-23-14-10-13(20)16(14)6-8-19(9-7-16)24(21,22)15-11(2)17-18(4)12(15)3/h13-14,20H,5-10H2,1-4H3/t13-,14+/m0/s1. The Morgan fingerprint density at radius 1 is 1.33 bits per heavy atom. The van der Waals surface area contributed by atoms with Crippen molar-refractivity contribution in [2.24, 2.45) is 12.5 Å². The van der Waals surface area contributed by atoms with E-state index >= 15 is 0 Å². The highest BCUT2D eigenvalue weighted by molar-refractivity contribution is 7.89. The summed E-state index contributed by atoms with van der Waals surface area (Å²) in [4.78, 5) is 0.316. The van der Waals surface area contributed by atoms with E-state index in [1.807, 2.05) is 6.92 Å². The molecule has 1 saturated carbocycles. The maximum Gasteiger partial charge on any atom is 0.246 e.